The summed E-state index contributed by atoms with van der Waals surface area (Å²) in [7, 11) is 0. The van der Waals surface area contributed by atoms with Gasteiger partial charge in [0.05, 0.1) is 12.7 Å². The molecule has 7 heteroatoms. The van der Waals surface area contributed by atoms with Crippen LogP contribution in [0.5, 0.6) is 0 Å². The zero-order valence-electron chi connectivity index (χ0n) is 22.8. The number of ether oxygens (including phenoxy) is 4. The Hall–Kier alpha value is -2.90. The van der Waals surface area contributed by atoms with E-state index in [1.54, 1.807) is 20.8 Å². The number of alkyl carbamates (subject to hydrolysis) is 1. The molecule has 7 nitrogen and oxygen atoms in total. The van der Waals surface area contributed by atoms with Crippen molar-refractivity contribution in [3.05, 3.63) is 59.2 Å². The number of nitrogens with one attached hydrogen (secondary N) is 1. The Morgan fingerprint density at radius 3 is 2.46 bits per heavy atom. The molecule has 2 aromatic carbocycles. The van der Waals surface area contributed by atoms with Crippen LogP contribution in [0.15, 0.2) is 42.5 Å². The third-order valence-electron chi connectivity index (χ3n) is 7.31. The van der Waals surface area contributed by atoms with E-state index in [0.29, 0.717) is 19.4 Å². The maximum Gasteiger partial charge on any atom is 0.408 e. The van der Waals surface area contributed by atoms with Gasteiger partial charge in [-0.2, -0.15) is 0 Å². The van der Waals surface area contributed by atoms with Crippen molar-refractivity contribution in [2.24, 2.45) is 5.92 Å². The van der Waals surface area contributed by atoms with Crippen molar-refractivity contribution in [1.82, 2.24) is 5.32 Å². The molecule has 0 aromatic heterocycles. The molecule has 0 unspecified atom stereocenters. The number of esters is 1. The lowest BCUT2D eigenvalue weighted by Gasteiger charge is -2.31. The van der Waals surface area contributed by atoms with Gasteiger partial charge in [-0.15, -0.1) is 0 Å². The number of rotatable bonds is 8. The van der Waals surface area contributed by atoms with Gasteiger partial charge in [0.25, 0.3) is 0 Å². The number of fused-ring (bicyclic) bond motifs is 3. The van der Waals surface area contributed by atoms with Crippen LogP contribution in [-0.4, -0.2) is 42.2 Å². The molecule has 37 heavy (non-hydrogen) atoms. The lowest BCUT2D eigenvalue weighted by atomic mass is 9.95. The number of benzene rings is 2. The van der Waals surface area contributed by atoms with Crippen molar-refractivity contribution in [3.63, 3.8) is 0 Å². The monoisotopic (exact) mass is 509 g/mol. The number of carbonyl (C=O) groups is 2. The summed E-state index contributed by atoms with van der Waals surface area (Å²) in [6, 6.07) is 13.4. The molecule has 1 amide bonds. The number of hydrogen-bond acceptors (Lipinski definition) is 6. The fourth-order valence-electron chi connectivity index (χ4n) is 5.11. The highest BCUT2D eigenvalue weighted by molar-refractivity contribution is 5.82. The summed E-state index contributed by atoms with van der Waals surface area (Å²) >= 11 is 0. The molecule has 1 heterocycles. The van der Waals surface area contributed by atoms with E-state index in [-0.39, 0.29) is 12.7 Å². The largest absolute Gasteiger partial charge is 0.458 e. The van der Waals surface area contributed by atoms with Gasteiger partial charge < -0.3 is 24.3 Å². The minimum atomic E-state index is -0.949. The molecule has 1 saturated heterocycles. The molecule has 1 N–H and O–H groups in total. The van der Waals surface area contributed by atoms with Gasteiger partial charge in [-0.3, -0.25) is 0 Å². The Labute approximate surface area is 219 Å². The van der Waals surface area contributed by atoms with Crippen molar-refractivity contribution in [1.29, 1.82) is 0 Å². The number of carbonyl (C=O) groups excluding carboxylic acids is 2. The lowest BCUT2D eigenvalue weighted by Crippen LogP contribution is -2.51. The average molecular weight is 510 g/mol. The molecule has 1 aliphatic heterocycles. The summed E-state index contributed by atoms with van der Waals surface area (Å²) in [5, 5.41) is 2.76. The maximum absolute atomic E-state index is 13.2. The molecule has 0 saturated carbocycles. The second-order valence-electron chi connectivity index (χ2n) is 11.0. The number of amides is 1. The van der Waals surface area contributed by atoms with Crippen molar-refractivity contribution in [3.8, 4) is 11.1 Å². The van der Waals surface area contributed by atoms with Crippen molar-refractivity contribution in [2.45, 2.75) is 90.9 Å². The van der Waals surface area contributed by atoms with E-state index in [4.69, 9.17) is 18.9 Å². The molecule has 3 atom stereocenters. The summed E-state index contributed by atoms with van der Waals surface area (Å²) in [4.78, 5) is 26.1. The minimum Gasteiger partial charge on any atom is -0.458 e. The van der Waals surface area contributed by atoms with Crippen LogP contribution in [0.3, 0.4) is 0 Å². The van der Waals surface area contributed by atoms with E-state index in [2.05, 4.69) is 23.5 Å². The summed E-state index contributed by atoms with van der Waals surface area (Å²) in [5.74, 6) is -1.58. The quantitative estimate of drug-likeness (QED) is 0.389. The van der Waals surface area contributed by atoms with E-state index in [1.165, 1.54) is 22.3 Å². The van der Waals surface area contributed by atoms with Crippen molar-refractivity contribution < 1.29 is 28.5 Å². The van der Waals surface area contributed by atoms with Crippen LogP contribution in [0.25, 0.3) is 11.1 Å². The first-order valence-electron chi connectivity index (χ1n) is 13.2. The summed E-state index contributed by atoms with van der Waals surface area (Å²) in [6.45, 7) is 11.7. The standard InChI is InChI=1S/C30H39NO6/c1-7-30(8-2)35-18-25(36-30)19(3)26(27(32)37-29(4,5)6)31-28(33)34-17-21-13-11-15-23-22-14-10-9-12-20(22)16-24(21)23/h9-15,19,25-26H,7-8,16-18H2,1-6H3,(H,31,33)/t19-,25-,26-/m0/s1. The summed E-state index contributed by atoms with van der Waals surface area (Å²) in [5.41, 5.74) is 5.07. The van der Waals surface area contributed by atoms with Gasteiger partial charge in [0.2, 0.25) is 0 Å². The third kappa shape index (κ3) is 5.99. The molecule has 2 aliphatic rings. The zero-order valence-corrected chi connectivity index (χ0v) is 22.8. The van der Waals surface area contributed by atoms with E-state index in [0.717, 1.165) is 12.0 Å². The summed E-state index contributed by atoms with van der Waals surface area (Å²) < 4.78 is 23.5. The second-order valence-corrected chi connectivity index (χ2v) is 11.0. The molecule has 1 fully saturated rings. The van der Waals surface area contributed by atoms with E-state index in [9.17, 15) is 9.59 Å². The molecule has 4 rings (SSSR count). The number of hydrogen-bond donors (Lipinski definition) is 1. The van der Waals surface area contributed by atoms with Gasteiger partial charge in [0, 0.05) is 5.92 Å². The van der Waals surface area contributed by atoms with E-state index in [1.807, 2.05) is 45.0 Å². The SMILES string of the molecule is CCC1(CC)OC[C@@H]([C@H](C)[C@H](NC(=O)OCc2cccc3c2Cc2ccccc2-3)C(=O)OC(C)(C)C)O1. The zero-order chi connectivity index (χ0) is 26.8. The van der Waals surface area contributed by atoms with Gasteiger partial charge in [-0.1, -0.05) is 63.2 Å². The fourth-order valence-corrected chi connectivity index (χ4v) is 5.11. The first-order valence-corrected chi connectivity index (χ1v) is 13.2. The third-order valence-corrected chi connectivity index (χ3v) is 7.31. The first-order chi connectivity index (χ1) is 17.6. The van der Waals surface area contributed by atoms with E-state index >= 15 is 0 Å². The predicted octanol–water partition coefficient (Wildman–Crippen LogP) is 5.76. The highest BCUT2D eigenvalue weighted by Crippen LogP contribution is 2.38. The Morgan fingerprint density at radius 2 is 1.78 bits per heavy atom. The highest BCUT2D eigenvalue weighted by Gasteiger charge is 2.45. The minimum absolute atomic E-state index is 0.107. The normalized spacial score (nSPS) is 19.5. The Bertz CT molecular complexity index is 1130. The fraction of sp³-hybridized carbons (Fsp3) is 0.533. The Kier molecular flexibility index (Phi) is 7.95. The van der Waals surface area contributed by atoms with E-state index < -0.39 is 35.4 Å². The molecule has 1 aliphatic carbocycles. The van der Waals surface area contributed by atoms with Crippen LogP contribution in [0, 0.1) is 5.92 Å². The van der Waals surface area contributed by atoms with Gasteiger partial charge in [0.15, 0.2) is 5.79 Å². The smallest absolute Gasteiger partial charge is 0.408 e. The van der Waals surface area contributed by atoms with Crippen LogP contribution < -0.4 is 5.32 Å². The van der Waals surface area contributed by atoms with Crippen molar-refractivity contribution >= 4 is 12.1 Å². The summed E-state index contributed by atoms with van der Waals surface area (Å²) in [6.07, 6.45) is 1.16. The second kappa shape index (κ2) is 10.8. The van der Waals surface area contributed by atoms with Crippen LogP contribution in [-0.2, 0) is 36.8 Å². The first kappa shape index (κ1) is 27.1. The molecule has 200 valence electrons. The van der Waals surface area contributed by atoms with Crippen molar-refractivity contribution in [2.75, 3.05) is 6.61 Å². The molecule has 2 aromatic rings. The maximum atomic E-state index is 13.2. The Balaban J connectivity index is 1.45. The topological polar surface area (TPSA) is 83.1 Å². The highest BCUT2D eigenvalue weighted by atomic mass is 16.7. The molecule has 0 spiro atoms. The van der Waals surface area contributed by atoms with Crippen LogP contribution in [0.4, 0.5) is 4.79 Å². The Morgan fingerprint density at radius 1 is 1.08 bits per heavy atom. The average Bonchev–Trinajstić information content (AvgIpc) is 3.47. The lowest BCUT2D eigenvalue weighted by molar-refractivity contribution is -0.180. The van der Waals surface area contributed by atoms with Gasteiger partial charge in [-0.05, 0) is 67.9 Å². The van der Waals surface area contributed by atoms with Gasteiger partial charge in [-0.25, -0.2) is 9.59 Å². The molecule has 0 bridgehead atoms. The van der Waals surface area contributed by atoms with Gasteiger partial charge >= 0.3 is 12.1 Å². The predicted molar refractivity (Wildman–Crippen MR) is 141 cm³/mol. The molecular formula is C30H39NO6. The van der Waals surface area contributed by atoms with Crippen LogP contribution in [0.2, 0.25) is 0 Å². The van der Waals surface area contributed by atoms with Crippen LogP contribution >= 0.6 is 0 Å². The van der Waals surface area contributed by atoms with Crippen LogP contribution in [0.1, 0.15) is 71.1 Å². The molecule has 0 radical (unpaired) electrons. The molecular weight excluding hydrogens is 470 g/mol. The van der Waals surface area contributed by atoms with Gasteiger partial charge in [0.1, 0.15) is 18.2 Å².